The predicted molar refractivity (Wildman–Crippen MR) is 57.2 cm³/mol. The van der Waals surface area contributed by atoms with Gasteiger partial charge in [0, 0.05) is 19.8 Å². The molecular formula is C11H14N2O2. The van der Waals surface area contributed by atoms with E-state index in [1.165, 1.54) is 19.0 Å². The minimum absolute atomic E-state index is 0.327. The van der Waals surface area contributed by atoms with Gasteiger partial charge in [0.25, 0.3) is 0 Å². The number of hydrogen-bond donors (Lipinski definition) is 1. The number of carboxylic acids is 1. The summed E-state index contributed by atoms with van der Waals surface area (Å²) in [5.41, 5.74) is 1.03. The summed E-state index contributed by atoms with van der Waals surface area (Å²) in [5, 5.41) is 9.01. The van der Waals surface area contributed by atoms with Crippen molar-refractivity contribution in [2.45, 2.75) is 12.8 Å². The number of aromatic nitrogens is 1. The number of rotatable bonds is 4. The molecule has 80 valence electrons. The summed E-state index contributed by atoms with van der Waals surface area (Å²) >= 11 is 0. The number of carbonyl (C=O) groups is 1. The highest BCUT2D eigenvalue weighted by Gasteiger charge is 2.24. The van der Waals surface area contributed by atoms with Gasteiger partial charge in [0.05, 0.1) is 17.4 Å². The maximum absolute atomic E-state index is 11.0. The van der Waals surface area contributed by atoms with Gasteiger partial charge in [-0.25, -0.2) is 4.79 Å². The summed E-state index contributed by atoms with van der Waals surface area (Å²) in [5.74, 6) is -0.160. The molecule has 1 aromatic heterocycles. The fraction of sp³-hybridized carbons (Fsp3) is 0.455. The smallest absolute Gasteiger partial charge is 0.337 e. The lowest BCUT2D eigenvalue weighted by Gasteiger charge is -2.20. The third kappa shape index (κ3) is 2.26. The SMILES string of the molecule is CN(CC1CC1)c1cnccc1C(=O)O. The molecule has 0 amide bonds. The van der Waals surface area contributed by atoms with Crippen LogP contribution in [-0.2, 0) is 0 Å². The number of nitrogens with zero attached hydrogens (tertiary/aromatic N) is 2. The molecule has 4 nitrogen and oxygen atoms in total. The Balaban J connectivity index is 2.20. The zero-order valence-corrected chi connectivity index (χ0v) is 8.68. The highest BCUT2D eigenvalue weighted by atomic mass is 16.4. The first-order chi connectivity index (χ1) is 7.18. The molecule has 0 bridgehead atoms. The van der Waals surface area contributed by atoms with Gasteiger partial charge in [-0.2, -0.15) is 0 Å². The molecule has 1 fully saturated rings. The van der Waals surface area contributed by atoms with Crippen LogP contribution >= 0.6 is 0 Å². The molecule has 1 saturated carbocycles. The second kappa shape index (κ2) is 3.88. The van der Waals surface area contributed by atoms with Crippen molar-refractivity contribution in [2.24, 2.45) is 5.92 Å². The average molecular weight is 206 g/mol. The zero-order valence-electron chi connectivity index (χ0n) is 8.68. The molecule has 1 N–H and O–H groups in total. The van der Waals surface area contributed by atoms with E-state index in [4.69, 9.17) is 5.11 Å². The molecule has 1 aliphatic carbocycles. The molecular weight excluding hydrogens is 192 g/mol. The van der Waals surface area contributed by atoms with E-state index in [2.05, 4.69) is 4.98 Å². The molecule has 1 heterocycles. The molecule has 0 aromatic carbocycles. The molecule has 0 spiro atoms. The van der Waals surface area contributed by atoms with Crippen molar-refractivity contribution < 1.29 is 9.90 Å². The lowest BCUT2D eigenvalue weighted by atomic mass is 10.2. The van der Waals surface area contributed by atoms with E-state index >= 15 is 0 Å². The molecule has 0 unspecified atom stereocenters. The van der Waals surface area contributed by atoms with Crippen LogP contribution in [0.4, 0.5) is 5.69 Å². The van der Waals surface area contributed by atoms with Crippen LogP contribution in [0.5, 0.6) is 0 Å². The van der Waals surface area contributed by atoms with Crippen molar-refractivity contribution in [3.63, 3.8) is 0 Å². The van der Waals surface area contributed by atoms with E-state index in [0.29, 0.717) is 11.3 Å². The first-order valence-corrected chi connectivity index (χ1v) is 5.07. The lowest BCUT2D eigenvalue weighted by molar-refractivity contribution is 0.0697. The van der Waals surface area contributed by atoms with Crippen molar-refractivity contribution >= 4 is 11.7 Å². The zero-order chi connectivity index (χ0) is 10.8. The largest absolute Gasteiger partial charge is 0.478 e. The van der Waals surface area contributed by atoms with E-state index in [0.717, 1.165) is 12.5 Å². The van der Waals surface area contributed by atoms with Gasteiger partial charge in [0.2, 0.25) is 0 Å². The third-order valence-electron chi connectivity index (χ3n) is 2.67. The standard InChI is InChI=1S/C11H14N2O2/c1-13(7-8-2-3-8)10-6-12-5-4-9(10)11(14)15/h4-6,8H,2-3,7H2,1H3,(H,14,15). The van der Waals surface area contributed by atoms with Gasteiger partial charge in [0.1, 0.15) is 0 Å². The maximum atomic E-state index is 11.0. The van der Waals surface area contributed by atoms with Crippen molar-refractivity contribution in [3.05, 3.63) is 24.0 Å². The Hall–Kier alpha value is -1.58. The van der Waals surface area contributed by atoms with Crippen LogP contribution < -0.4 is 4.90 Å². The Labute approximate surface area is 88.6 Å². The summed E-state index contributed by atoms with van der Waals surface area (Å²) in [4.78, 5) is 16.9. The van der Waals surface area contributed by atoms with Gasteiger partial charge >= 0.3 is 5.97 Å². The van der Waals surface area contributed by atoms with Gasteiger partial charge in [0.15, 0.2) is 0 Å². The van der Waals surface area contributed by atoms with E-state index < -0.39 is 5.97 Å². The van der Waals surface area contributed by atoms with Crippen molar-refractivity contribution in [1.29, 1.82) is 0 Å². The van der Waals surface area contributed by atoms with Crippen molar-refractivity contribution in [1.82, 2.24) is 4.98 Å². The number of carboxylic acid groups (broad SMARTS) is 1. The van der Waals surface area contributed by atoms with Crippen LogP contribution in [0, 0.1) is 5.92 Å². The highest BCUT2D eigenvalue weighted by Crippen LogP contribution is 2.31. The Morgan fingerprint density at radius 2 is 2.40 bits per heavy atom. The average Bonchev–Trinajstić information content (AvgIpc) is 3.01. The quantitative estimate of drug-likeness (QED) is 0.813. The van der Waals surface area contributed by atoms with Crippen LogP contribution in [-0.4, -0.2) is 29.7 Å². The van der Waals surface area contributed by atoms with E-state index in [-0.39, 0.29) is 0 Å². The molecule has 0 radical (unpaired) electrons. The predicted octanol–water partition coefficient (Wildman–Crippen LogP) is 1.63. The summed E-state index contributed by atoms with van der Waals surface area (Å²) in [6.45, 7) is 0.923. The number of pyridine rings is 1. The van der Waals surface area contributed by atoms with Gasteiger partial charge in [-0.3, -0.25) is 4.98 Å². The minimum Gasteiger partial charge on any atom is -0.478 e. The Kier molecular flexibility index (Phi) is 2.58. The van der Waals surface area contributed by atoms with Crippen molar-refractivity contribution in [2.75, 3.05) is 18.5 Å². The van der Waals surface area contributed by atoms with Crippen LogP contribution in [0.25, 0.3) is 0 Å². The van der Waals surface area contributed by atoms with E-state index in [1.807, 2.05) is 11.9 Å². The summed E-state index contributed by atoms with van der Waals surface area (Å²) in [6, 6.07) is 1.54. The molecule has 1 aromatic rings. The molecule has 2 rings (SSSR count). The minimum atomic E-state index is -0.893. The van der Waals surface area contributed by atoms with Crippen molar-refractivity contribution in [3.8, 4) is 0 Å². The fourth-order valence-electron chi connectivity index (χ4n) is 1.66. The third-order valence-corrected chi connectivity index (χ3v) is 2.67. The number of aromatic carboxylic acids is 1. The Morgan fingerprint density at radius 3 is 3.00 bits per heavy atom. The lowest BCUT2D eigenvalue weighted by Crippen LogP contribution is -2.22. The van der Waals surface area contributed by atoms with Crippen LogP contribution in [0.3, 0.4) is 0 Å². The molecule has 0 atom stereocenters. The Bertz CT molecular complexity index is 375. The fourth-order valence-corrected chi connectivity index (χ4v) is 1.66. The maximum Gasteiger partial charge on any atom is 0.337 e. The first kappa shape index (κ1) is 9.96. The van der Waals surface area contributed by atoms with Gasteiger partial charge in [-0.15, -0.1) is 0 Å². The van der Waals surface area contributed by atoms with Crippen LogP contribution in [0.1, 0.15) is 23.2 Å². The molecule has 0 saturated heterocycles. The first-order valence-electron chi connectivity index (χ1n) is 5.07. The Morgan fingerprint density at radius 1 is 1.67 bits per heavy atom. The highest BCUT2D eigenvalue weighted by molar-refractivity contribution is 5.94. The number of anilines is 1. The normalized spacial score (nSPS) is 15.0. The van der Waals surface area contributed by atoms with Gasteiger partial charge in [-0.1, -0.05) is 0 Å². The molecule has 15 heavy (non-hydrogen) atoms. The van der Waals surface area contributed by atoms with Gasteiger partial charge in [-0.05, 0) is 24.8 Å². The summed E-state index contributed by atoms with van der Waals surface area (Å²) in [7, 11) is 1.92. The van der Waals surface area contributed by atoms with E-state index in [1.54, 1.807) is 12.3 Å². The molecule has 1 aliphatic rings. The molecule has 4 heteroatoms. The molecule has 0 aliphatic heterocycles. The topological polar surface area (TPSA) is 53.4 Å². The van der Waals surface area contributed by atoms with E-state index in [9.17, 15) is 4.79 Å². The van der Waals surface area contributed by atoms with Crippen LogP contribution in [0.15, 0.2) is 18.5 Å². The van der Waals surface area contributed by atoms with Gasteiger partial charge < -0.3 is 10.0 Å². The number of hydrogen-bond acceptors (Lipinski definition) is 3. The second-order valence-corrected chi connectivity index (χ2v) is 4.02. The summed E-state index contributed by atoms with van der Waals surface area (Å²) in [6.07, 6.45) is 5.64. The van der Waals surface area contributed by atoms with Crippen LogP contribution in [0.2, 0.25) is 0 Å². The second-order valence-electron chi connectivity index (χ2n) is 4.02. The monoisotopic (exact) mass is 206 g/mol. The summed E-state index contributed by atoms with van der Waals surface area (Å²) < 4.78 is 0.